The summed E-state index contributed by atoms with van der Waals surface area (Å²) in [5, 5.41) is 2.32. The molecule has 0 unspecified atom stereocenters. The van der Waals surface area contributed by atoms with Gasteiger partial charge in [-0.1, -0.05) is 23.0 Å². The Balaban J connectivity index is 3.12. The van der Waals surface area contributed by atoms with Gasteiger partial charge in [-0.3, -0.25) is 0 Å². The second-order valence-electron chi connectivity index (χ2n) is 1.68. The summed E-state index contributed by atoms with van der Waals surface area (Å²) >= 11 is 0. The summed E-state index contributed by atoms with van der Waals surface area (Å²) in [5.41, 5.74) is 5.03. The van der Waals surface area contributed by atoms with E-state index in [0.29, 0.717) is 6.42 Å². The molecule has 0 rings (SSSR count). The van der Waals surface area contributed by atoms with Crippen molar-refractivity contribution in [2.24, 2.45) is 10.9 Å². The van der Waals surface area contributed by atoms with Crippen LogP contribution in [0, 0.1) is 0 Å². The summed E-state index contributed by atoms with van der Waals surface area (Å²) in [6, 6.07) is 0. The lowest BCUT2D eigenvalue weighted by Gasteiger charge is -1.91. The van der Waals surface area contributed by atoms with Crippen LogP contribution in [-0.4, -0.2) is 5.84 Å². The summed E-state index contributed by atoms with van der Waals surface area (Å²) in [4.78, 5) is 0. The predicted octanol–water partition coefficient (Wildman–Crippen LogP) is 1.42. The molecule has 0 radical (unpaired) electrons. The summed E-state index contributed by atoms with van der Waals surface area (Å²) in [7, 11) is 0. The first kappa shape index (κ1) is 7.40. The minimum atomic E-state index is 0.104. The third-order valence-electron chi connectivity index (χ3n) is 0.895. The quantitative estimate of drug-likeness (QED) is 0.441. The maximum absolute atomic E-state index is 11.2. The summed E-state index contributed by atoms with van der Waals surface area (Å²) < 4.78 is 11.2. The summed E-state index contributed by atoms with van der Waals surface area (Å²) in [5.74, 6) is 0.104. The Labute approximate surface area is 48.5 Å². The van der Waals surface area contributed by atoms with Gasteiger partial charge >= 0.3 is 0 Å². The zero-order valence-corrected chi connectivity index (χ0v) is 5.02. The highest BCUT2D eigenvalue weighted by Crippen LogP contribution is 1.92. The first-order valence-corrected chi connectivity index (χ1v) is 2.74. The zero-order chi connectivity index (χ0) is 6.41. The molecule has 2 nitrogen and oxygen atoms in total. The Morgan fingerprint density at radius 3 is 2.75 bits per heavy atom. The number of hydrogen-bond acceptors (Lipinski definition) is 1. The molecule has 0 bridgehead atoms. The highest BCUT2D eigenvalue weighted by Gasteiger charge is 1.88. The second kappa shape index (κ2) is 4.56. The number of hydrogen-bond donors (Lipinski definition) is 1. The van der Waals surface area contributed by atoms with Crippen LogP contribution < -0.4 is 5.73 Å². The van der Waals surface area contributed by atoms with Gasteiger partial charge in [0.2, 0.25) is 0 Å². The van der Waals surface area contributed by atoms with Crippen LogP contribution in [0.5, 0.6) is 0 Å². The van der Waals surface area contributed by atoms with Gasteiger partial charge in [0.15, 0.2) is 0 Å². The lowest BCUT2D eigenvalue weighted by Crippen LogP contribution is -2.09. The standard InChI is InChI=1S/C5H11FN2/c1-2-3-4-5(7)8-6/h2-4H2,1H3,(H2,7,8). The van der Waals surface area contributed by atoms with Crippen molar-refractivity contribution in [2.75, 3.05) is 0 Å². The van der Waals surface area contributed by atoms with Gasteiger partial charge in [-0.15, -0.1) is 0 Å². The predicted molar refractivity (Wildman–Crippen MR) is 32.3 cm³/mol. The van der Waals surface area contributed by atoms with E-state index in [9.17, 15) is 4.48 Å². The third-order valence-corrected chi connectivity index (χ3v) is 0.895. The van der Waals surface area contributed by atoms with E-state index in [0.717, 1.165) is 12.8 Å². The minimum absolute atomic E-state index is 0.104. The molecule has 0 amide bonds. The van der Waals surface area contributed by atoms with Crippen molar-refractivity contribution in [3.63, 3.8) is 0 Å². The number of nitrogens with zero attached hydrogens (tertiary/aromatic N) is 1. The van der Waals surface area contributed by atoms with Crippen LogP contribution in [0.25, 0.3) is 0 Å². The number of unbranched alkanes of at least 4 members (excludes halogenated alkanes) is 1. The molecule has 2 N–H and O–H groups in total. The van der Waals surface area contributed by atoms with Gasteiger partial charge in [0.1, 0.15) is 5.84 Å². The first-order valence-electron chi connectivity index (χ1n) is 2.74. The van der Waals surface area contributed by atoms with Gasteiger partial charge in [0.05, 0.1) is 0 Å². The molecule has 0 saturated heterocycles. The molecule has 0 aliphatic rings. The van der Waals surface area contributed by atoms with Gasteiger partial charge in [0.25, 0.3) is 0 Å². The summed E-state index contributed by atoms with van der Waals surface area (Å²) in [6.07, 6.45) is 2.52. The van der Waals surface area contributed by atoms with Gasteiger partial charge in [-0.05, 0) is 6.42 Å². The zero-order valence-electron chi connectivity index (χ0n) is 5.02. The van der Waals surface area contributed by atoms with Gasteiger partial charge in [-0.25, -0.2) is 0 Å². The van der Waals surface area contributed by atoms with Gasteiger partial charge < -0.3 is 5.73 Å². The molecule has 0 fully saturated rings. The smallest absolute Gasteiger partial charge is 0.132 e. The maximum Gasteiger partial charge on any atom is 0.132 e. The largest absolute Gasteiger partial charge is 0.385 e. The lowest BCUT2D eigenvalue weighted by atomic mass is 10.2. The molecule has 0 aliphatic carbocycles. The Hall–Kier alpha value is -0.600. The highest BCUT2D eigenvalue weighted by molar-refractivity contribution is 5.79. The van der Waals surface area contributed by atoms with Crippen molar-refractivity contribution >= 4 is 5.84 Å². The average molecular weight is 118 g/mol. The van der Waals surface area contributed by atoms with Crippen LogP contribution in [0.2, 0.25) is 0 Å². The molecule has 0 spiro atoms. The fraction of sp³-hybridized carbons (Fsp3) is 0.800. The van der Waals surface area contributed by atoms with E-state index < -0.39 is 0 Å². The molecule has 3 heteroatoms. The van der Waals surface area contributed by atoms with Crippen molar-refractivity contribution in [1.29, 1.82) is 0 Å². The van der Waals surface area contributed by atoms with Crippen LogP contribution >= 0.6 is 0 Å². The molecular formula is C5H11FN2. The lowest BCUT2D eigenvalue weighted by molar-refractivity contribution is 0.531. The number of nitrogens with two attached hydrogens (primary N) is 1. The molecule has 0 aliphatic heterocycles. The van der Waals surface area contributed by atoms with E-state index in [4.69, 9.17) is 5.73 Å². The third kappa shape index (κ3) is 3.59. The fourth-order valence-electron chi connectivity index (χ4n) is 0.400. The molecule has 0 saturated carbocycles. The minimum Gasteiger partial charge on any atom is -0.385 e. The van der Waals surface area contributed by atoms with Crippen LogP contribution in [0.3, 0.4) is 0 Å². The second-order valence-corrected chi connectivity index (χ2v) is 1.68. The molecule has 0 aromatic rings. The number of halogens is 1. The monoisotopic (exact) mass is 118 g/mol. The summed E-state index contributed by atoms with van der Waals surface area (Å²) in [6.45, 7) is 2.02. The van der Waals surface area contributed by atoms with E-state index in [1.165, 1.54) is 0 Å². The maximum atomic E-state index is 11.2. The molecule has 8 heavy (non-hydrogen) atoms. The van der Waals surface area contributed by atoms with Crippen LogP contribution in [0.15, 0.2) is 5.21 Å². The van der Waals surface area contributed by atoms with Crippen LogP contribution in [0.1, 0.15) is 26.2 Å². The Morgan fingerprint density at radius 2 is 2.38 bits per heavy atom. The van der Waals surface area contributed by atoms with Crippen molar-refractivity contribution in [2.45, 2.75) is 26.2 Å². The van der Waals surface area contributed by atoms with Crippen molar-refractivity contribution < 1.29 is 4.48 Å². The SMILES string of the molecule is CCCC/C(N)=N\F. The van der Waals surface area contributed by atoms with Crippen molar-refractivity contribution in [3.05, 3.63) is 0 Å². The van der Waals surface area contributed by atoms with E-state index in [1.54, 1.807) is 0 Å². The van der Waals surface area contributed by atoms with Crippen LogP contribution in [-0.2, 0) is 0 Å². The van der Waals surface area contributed by atoms with Crippen LogP contribution in [0.4, 0.5) is 4.48 Å². The fourth-order valence-corrected chi connectivity index (χ4v) is 0.400. The molecule has 48 valence electrons. The Morgan fingerprint density at radius 1 is 1.75 bits per heavy atom. The number of amidine groups is 1. The van der Waals surface area contributed by atoms with Crippen molar-refractivity contribution in [3.8, 4) is 0 Å². The molecule has 0 heterocycles. The first-order chi connectivity index (χ1) is 3.81. The Kier molecular flexibility index (Phi) is 4.21. The van der Waals surface area contributed by atoms with Crippen molar-refractivity contribution in [1.82, 2.24) is 0 Å². The molecular weight excluding hydrogens is 107 g/mol. The molecule has 0 aromatic carbocycles. The normalized spacial score (nSPS) is 12.0. The highest BCUT2D eigenvalue weighted by atomic mass is 19.2. The van der Waals surface area contributed by atoms with E-state index in [2.05, 4.69) is 5.21 Å². The molecule has 0 atom stereocenters. The van der Waals surface area contributed by atoms with Gasteiger partial charge in [0, 0.05) is 6.42 Å². The van der Waals surface area contributed by atoms with E-state index >= 15 is 0 Å². The number of rotatable bonds is 3. The van der Waals surface area contributed by atoms with Gasteiger partial charge in [-0.2, -0.15) is 0 Å². The van der Waals surface area contributed by atoms with E-state index in [-0.39, 0.29) is 5.84 Å². The van der Waals surface area contributed by atoms with E-state index in [1.807, 2.05) is 6.92 Å². The topological polar surface area (TPSA) is 38.4 Å². The Bertz CT molecular complexity index is 80.5. The average Bonchev–Trinajstić information content (AvgIpc) is 1.83. The molecule has 0 aromatic heterocycles.